The van der Waals surface area contributed by atoms with Crippen LogP contribution >= 0.6 is 0 Å². The normalized spacial score (nSPS) is 12.7. The molecule has 0 aliphatic carbocycles. The van der Waals surface area contributed by atoms with Gasteiger partial charge in [0.1, 0.15) is 12.6 Å². The molecule has 0 aromatic heterocycles. The third-order valence-electron chi connectivity index (χ3n) is 8.13. The van der Waals surface area contributed by atoms with Crippen molar-refractivity contribution in [1.82, 2.24) is 10.2 Å². The molecule has 7 nitrogen and oxygen atoms in total. The first-order valence-electron chi connectivity index (χ1n) is 15.7. The van der Waals surface area contributed by atoms with Crippen molar-refractivity contribution in [2.75, 3.05) is 10.8 Å². The van der Waals surface area contributed by atoms with Gasteiger partial charge in [0.2, 0.25) is 11.8 Å². The van der Waals surface area contributed by atoms with Gasteiger partial charge in [-0.3, -0.25) is 13.9 Å². The molecule has 2 amide bonds. The molecule has 4 aromatic rings. The molecule has 0 heterocycles. The lowest BCUT2D eigenvalue weighted by atomic mass is 10.0. The van der Waals surface area contributed by atoms with Crippen LogP contribution in [0.4, 0.5) is 5.69 Å². The summed E-state index contributed by atoms with van der Waals surface area (Å²) < 4.78 is 29.7. The molecular weight excluding hydrogens is 595 g/mol. The zero-order chi connectivity index (χ0) is 33.4. The van der Waals surface area contributed by atoms with Crippen LogP contribution in [0.5, 0.6) is 0 Å². The van der Waals surface area contributed by atoms with Gasteiger partial charge >= 0.3 is 0 Å². The van der Waals surface area contributed by atoms with Crippen molar-refractivity contribution in [3.8, 4) is 0 Å². The summed E-state index contributed by atoms with van der Waals surface area (Å²) in [4.78, 5) is 30.2. The minimum atomic E-state index is -4.15. The van der Waals surface area contributed by atoms with Crippen molar-refractivity contribution >= 4 is 27.5 Å². The van der Waals surface area contributed by atoms with E-state index >= 15 is 0 Å². The highest BCUT2D eigenvalue weighted by molar-refractivity contribution is 7.92. The van der Waals surface area contributed by atoms with Crippen molar-refractivity contribution in [2.24, 2.45) is 0 Å². The van der Waals surface area contributed by atoms with E-state index in [1.54, 1.807) is 36.4 Å². The molecule has 0 radical (unpaired) electrons. The number of sulfonamides is 1. The van der Waals surface area contributed by atoms with E-state index in [0.717, 1.165) is 39.8 Å². The van der Waals surface area contributed by atoms with Gasteiger partial charge in [-0.15, -0.1) is 0 Å². The fraction of sp³-hybridized carbons (Fsp3) is 0.316. The van der Waals surface area contributed by atoms with Crippen LogP contribution in [0.3, 0.4) is 0 Å². The third-order valence-corrected chi connectivity index (χ3v) is 9.92. The van der Waals surface area contributed by atoms with Gasteiger partial charge in [0.15, 0.2) is 0 Å². The predicted molar refractivity (Wildman–Crippen MR) is 185 cm³/mol. The molecule has 0 fully saturated rings. The Balaban J connectivity index is 1.83. The molecule has 4 rings (SSSR count). The standard InChI is InChI=1S/C38H45N3O4S/c1-7-31(6)39-38(43)36(24-32-11-9-8-10-12-32)40(25-33-17-13-27(2)14-18-33)37(42)26-41(34-22-29(4)21-30(5)23-34)46(44,45)35-19-15-28(3)16-20-35/h8-23,31,36H,7,24-26H2,1-6H3,(H,39,43)/t31-,36+/m1/s1. The molecule has 4 aromatic carbocycles. The maximum absolute atomic E-state index is 14.6. The second-order valence-electron chi connectivity index (χ2n) is 12.2. The van der Waals surface area contributed by atoms with E-state index < -0.39 is 28.5 Å². The molecule has 1 N–H and O–H groups in total. The Bertz CT molecular complexity index is 1720. The van der Waals surface area contributed by atoms with Gasteiger partial charge in [-0.2, -0.15) is 0 Å². The quantitative estimate of drug-likeness (QED) is 0.177. The molecule has 8 heteroatoms. The maximum Gasteiger partial charge on any atom is 0.264 e. The maximum atomic E-state index is 14.6. The van der Waals surface area contributed by atoms with Crippen LogP contribution < -0.4 is 9.62 Å². The second kappa shape index (κ2) is 15.2. The summed E-state index contributed by atoms with van der Waals surface area (Å²) >= 11 is 0. The largest absolute Gasteiger partial charge is 0.352 e. The van der Waals surface area contributed by atoms with Gasteiger partial charge < -0.3 is 10.2 Å². The highest BCUT2D eigenvalue weighted by Gasteiger charge is 2.35. The molecule has 2 atom stereocenters. The average Bonchev–Trinajstić information content (AvgIpc) is 3.02. The molecular formula is C38H45N3O4S. The van der Waals surface area contributed by atoms with E-state index in [4.69, 9.17) is 0 Å². The molecule has 242 valence electrons. The van der Waals surface area contributed by atoms with E-state index in [0.29, 0.717) is 5.69 Å². The van der Waals surface area contributed by atoms with E-state index in [1.807, 2.05) is 102 Å². The summed E-state index contributed by atoms with van der Waals surface area (Å²) in [7, 11) is -4.15. The van der Waals surface area contributed by atoms with E-state index in [-0.39, 0.29) is 29.8 Å². The fourth-order valence-electron chi connectivity index (χ4n) is 5.35. The number of aryl methyl sites for hydroxylation is 4. The lowest BCUT2D eigenvalue weighted by molar-refractivity contribution is -0.140. The van der Waals surface area contributed by atoms with Crippen molar-refractivity contribution in [3.63, 3.8) is 0 Å². The minimum absolute atomic E-state index is 0.0884. The van der Waals surface area contributed by atoms with Crippen LogP contribution in [0.2, 0.25) is 0 Å². The van der Waals surface area contributed by atoms with Gasteiger partial charge in [-0.05, 0) is 87.6 Å². The van der Waals surface area contributed by atoms with E-state index in [2.05, 4.69) is 5.32 Å². The van der Waals surface area contributed by atoms with Crippen LogP contribution in [0.1, 0.15) is 53.6 Å². The Kier molecular flexibility index (Phi) is 11.4. The molecule has 0 saturated heterocycles. The smallest absolute Gasteiger partial charge is 0.264 e. The highest BCUT2D eigenvalue weighted by Crippen LogP contribution is 2.27. The first-order valence-corrected chi connectivity index (χ1v) is 17.2. The van der Waals surface area contributed by atoms with Crippen molar-refractivity contribution in [2.45, 2.75) is 77.9 Å². The number of nitrogens with one attached hydrogen (secondary N) is 1. The number of rotatable bonds is 13. The highest BCUT2D eigenvalue weighted by atomic mass is 32.2. The predicted octanol–water partition coefficient (Wildman–Crippen LogP) is 6.67. The van der Waals surface area contributed by atoms with Crippen LogP contribution in [-0.4, -0.2) is 43.8 Å². The monoisotopic (exact) mass is 639 g/mol. The SMILES string of the molecule is CC[C@@H](C)NC(=O)[C@H](Cc1ccccc1)N(Cc1ccc(C)cc1)C(=O)CN(c1cc(C)cc(C)c1)S(=O)(=O)c1ccc(C)cc1. The number of carbonyl (C=O) groups excluding carboxylic acids is 2. The number of benzene rings is 4. The first kappa shape index (κ1) is 34.4. The van der Waals surface area contributed by atoms with Crippen molar-refractivity contribution in [3.05, 3.63) is 130 Å². The van der Waals surface area contributed by atoms with Crippen LogP contribution in [-0.2, 0) is 32.6 Å². The average molecular weight is 640 g/mol. The van der Waals surface area contributed by atoms with Crippen molar-refractivity contribution in [1.29, 1.82) is 0 Å². The van der Waals surface area contributed by atoms with Crippen LogP contribution in [0.25, 0.3) is 0 Å². The zero-order valence-corrected chi connectivity index (χ0v) is 28.5. The first-order chi connectivity index (χ1) is 21.9. The number of hydrogen-bond donors (Lipinski definition) is 1. The Hall–Kier alpha value is -4.43. The second-order valence-corrected chi connectivity index (χ2v) is 14.1. The summed E-state index contributed by atoms with van der Waals surface area (Å²) in [6, 6.07) is 28.5. The fourth-order valence-corrected chi connectivity index (χ4v) is 6.74. The molecule has 0 spiro atoms. The lowest BCUT2D eigenvalue weighted by Gasteiger charge is -2.34. The number of amides is 2. The number of hydrogen-bond acceptors (Lipinski definition) is 4. The molecule has 0 saturated carbocycles. The molecule has 0 aliphatic rings. The Labute approximate surface area is 274 Å². The topological polar surface area (TPSA) is 86.8 Å². The van der Waals surface area contributed by atoms with Crippen molar-refractivity contribution < 1.29 is 18.0 Å². The number of carbonyl (C=O) groups is 2. The third kappa shape index (κ3) is 8.85. The molecule has 0 unspecified atom stereocenters. The van der Waals surface area contributed by atoms with Gasteiger partial charge in [0, 0.05) is 19.0 Å². The number of nitrogens with zero attached hydrogens (tertiary/aromatic N) is 2. The Morgan fingerprint density at radius 1 is 0.739 bits per heavy atom. The Morgan fingerprint density at radius 3 is 1.87 bits per heavy atom. The number of anilines is 1. The molecule has 0 bridgehead atoms. The van der Waals surface area contributed by atoms with Gasteiger partial charge in [-0.25, -0.2) is 8.42 Å². The van der Waals surface area contributed by atoms with Crippen LogP contribution in [0.15, 0.2) is 102 Å². The lowest BCUT2D eigenvalue weighted by Crippen LogP contribution is -2.54. The van der Waals surface area contributed by atoms with Gasteiger partial charge in [0.25, 0.3) is 10.0 Å². The molecule has 46 heavy (non-hydrogen) atoms. The van der Waals surface area contributed by atoms with Crippen LogP contribution in [0, 0.1) is 27.7 Å². The zero-order valence-electron chi connectivity index (χ0n) is 27.7. The molecule has 0 aliphatic heterocycles. The summed E-state index contributed by atoms with van der Waals surface area (Å²) in [6.45, 7) is 11.2. The van der Waals surface area contributed by atoms with E-state index in [9.17, 15) is 18.0 Å². The Morgan fingerprint density at radius 2 is 1.30 bits per heavy atom. The minimum Gasteiger partial charge on any atom is -0.352 e. The summed E-state index contributed by atoms with van der Waals surface area (Å²) in [5.74, 6) is -0.756. The van der Waals surface area contributed by atoms with E-state index in [1.165, 1.54) is 9.21 Å². The summed E-state index contributed by atoms with van der Waals surface area (Å²) in [6.07, 6.45) is 1.000. The van der Waals surface area contributed by atoms with Gasteiger partial charge in [-0.1, -0.05) is 90.8 Å². The summed E-state index contributed by atoms with van der Waals surface area (Å²) in [5, 5.41) is 3.08. The summed E-state index contributed by atoms with van der Waals surface area (Å²) in [5.41, 5.74) is 5.87. The van der Waals surface area contributed by atoms with Gasteiger partial charge in [0.05, 0.1) is 10.6 Å².